The molecule has 0 spiro atoms. The van der Waals surface area contributed by atoms with Crippen LogP contribution in [-0.4, -0.2) is 0 Å². The molecule has 0 aliphatic rings. The van der Waals surface area contributed by atoms with E-state index in [0.29, 0.717) is 17.8 Å². The van der Waals surface area contributed by atoms with E-state index < -0.39 is 0 Å². The van der Waals surface area contributed by atoms with Gasteiger partial charge in [0, 0.05) is 17.8 Å². The molecule has 0 fully saturated rings. The Kier molecular flexibility index (Phi) is 3.15. The first-order chi connectivity index (χ1) is 7.75. The van der Waals surface area contributed by atoms with E-state index >= 15 is 0 Å². The van der Waals surface area contributed by atoms with Crippen LogP contribution in [0.25, 0.3) is 0 Å². The Morgan fingerprint density at radius 2 is 1.75 bits per heavy atom. The highest BCUT2D eigenvalue weighted by Crippen LogP contribution is 2.12. The van der Waals surface area contributed by atoms with Crippen molar-refractivity contribution in [1.82, 2.24) is 0 Å². The van der Waals surface area contributed by atoms with Crippen molar-refractivity contribution in [2.75, 3.05) is 5.32 Å². The standard InChI is InChI=1S/C13H11F2N/c14-11-5-3-6-12(8-11)16-9-10-4-1-2-7-13(10)15/h1-8,16H,9H2. The lowest BCUT2D eigenvalue weighted by Crippen LogP contribution is -2.01. The Labute approximate surface area is 92.7 Å². The summed E-state index contributed by atoms with van der Waals surface area (Å²) in [4.78, 5) is 0. The lowest BCUT2D eigenvalue weighted by Gasteiger charge is -2.07. The average molecular weight is 219 g/mol. The highest BCUT2D eigenvalue weighted by atomic mass is 19.1. The minimum Gasteiger partial charge on any atom is -0.381 e. The normalized spacial score (nSPS) is 10.1. The van der Waals surface area contributed by atoms with E-state index in [2.05, 4.69) is 5.32 Å². The van der Waals surface area contributed by atoms with Gasteiger partial charge in [0.2, 0.25) is 0 Å². The topological polar surface area (TPSA) is 12.0 Å². The Balaban J connectivity index is 2.05. The van der Waals surface area contributed by atoms with E-state index in [1.165, 1.54) is 18.2 Å². The van der Waals surface area contributed by atoms with Crippen LogP contribution >= 0.6 is 0 Å². The second-order valence-corrected chi connectivity index (χ2v) is 3.46. The van der Waals surface area contributed by atoms with Gasteiger partial charge in [-0.25, -0.2) is 8.78 Å². The zero-order valence-electron chi connectivity index (χ0n) is 8.58. The molecule has 3 heteroatoms. The van der Waals surface area contributed by atoms with E-state index in [0.717, 1.165) is 0 Å². The van der Waals surface area contributed by atoms with Gasteiger partial charge >= 0.3 is 0 Å². The SMILES string of the molecule is Fc1cccc(NCc2ccccc2F)c1. The van der Waals surface area contributed by atoms with Crippen molar-refractivity contribution >= 4 is 5.69 Å². The van der Waals surface area contributed by atoms with Crippen molar-refractivity contribution in [3.05, 3.63) is 65.7 Å². The van der Waals surface area contributed by atoms with Crippen molar-refractivity contribution in [3.8, 4) is 0 Å². The molecule has 82 valence electrons. The van der Waals surface area contributed by atoms with E-state index in [9.17, 15) is 8.78 Å². The Bertz CT molecular complexity index is 483. The van der Waals surface area contributed by atoms with Gasteiger partial charge in [0.15, 0.2) is 0 Å². The largest absolute Gasteiger partial charge is 0.381 e. The number of nitrogens with one attached hydrogen (secondary N) is 1. The summed E-state index contributed by atoms with van der Waals surface area (Å²) in [5.74, 6) is -0.565. The second-order valence-electron chi connectivity index (χ2n) is 3.46. The highest BCUT2D eigenvalue weighted by Gasteiger charge is 2.00. The van der Waals surface area contributed by atoms with Gasteiger partial charge in [0.05, 0.1) is 0 Å². The lowest BCUT2D eigenvalue weighted by molar-refractivity contribution is 0.612. The minimum absolute atomic E-state index is 0.258. The number of benzene rings is 2. The van der Waals surface area contributed by atoms with Crippen molar-refractivity contribution in [1.29, 1.82) is 0 Å². The fraction of sp³-hybridized carbons (Fsp3) is 0.0769. The number of hydrogen-bond acceptors (Lipinski definition) is 1. The first kappa shape index (κ1) is 10.6. The third-order valence-corrected chi connectivity index (χ3v) is 2.27. The van der Waals surface area contributed by atoms with Crippen molar-refractivity contribution in [3.63, 3.8) is 0 Å². The summed E-state index contributed by atoms with van der Waals surface area (Å²) in [7, 11) is 0. The van der Waals surface area contributed by atoms with Crippen LogP contribution in [0.15, 0.2) is 48.5 Å². The number of halogens is 2. The van der Waals surface area contributed by atoms with Gasteiger partial charge in [-0.2, -0.15) is 0 Å². The molecule has 2 aromatic rings. The van der Waals surface area contributed by atoms with Gasteiger partial charge < -0.3 is 5.32 Å². The minimum atomic E-state index is -0.307. The fourth-order valence-electron chi connectivity index (χ4n) is 1.44. The van der Waals surface area contributed by atoms with Crippen molar-refractivity contribution < 1.29 is 8.78 Å². The van der Waals surface area contributed by atoms with Crippen LogP contribution in [0.2, 0.25) is 0 Å². The first-order valence-electron chi connectivity index (χ1n) is 4.98. The second kappa shape index (κ2) is 4.75. The molecule has 16 heavy (non-hydrogen) atoms. The highest BCUT2D eigenvalue weighted by molar-refractivity contribution is 5.43. The van der Waals surface area contributed by atoms with Crippen molar-refractivity contribution in [2.45, 2.75) is 6.54 Å². The van der Waals surface area contributed by atoms with E-state index in [4.69, 9.17) is 0 Å². The molecule has 0 saturated heterocycles. The Hall–Kier alpha value is -1.90. The molecule has 0 aliphatic carbocycles. The molecule has 0 unspecified atom stereocenters. The molecule has 1 nitrogen and oxygen atoms in total. The zero-order chi connectivity index (χ0) is 11.4. The summed E-state index contributed by atoms with van der Waals surface area (Å²) in [6.07, 6.45) is 0. The molecule has 0 amide bonds. The predicted octanol–water partition coefficient (Wildman–Crippen LogP) is 3.58. The van der Waals surface area contributed by atoms with Gasteiger partial charge in [-0.3, -0.25) is 0 Å². The maximum absolute atomic E-state index is 13.3. The quantitative estimate of drug-likeness (QED) is 0.832. The summed E-state index contributed by atoms with van der Waals surface area (Å²) in [5, 5.41) is 2.96. The lowest BCUT2D eigenvalue weighted by atomic mass is 10.2. The molecule has 2 rings (SSSR count). The van der Waals surface area contributed by atoms with Crippen LogP contribution in [0, 0.1) is 11.6 Å². The summed E-state index contributed by atoms with van der Waals surface area (Å²) in [6, 6.07) is 12.6. The molecule has 0 bridgehead atoms. The maximum atomic E-state index is 13.3. The van der Waals surface area contributed by atoms with Crippen LogP contribution in [0.5, 0.6) is 0 Å². The van der Waals surface area contributed by atoms with Gasteiger partial charge in [0.25, 0.3) is 0 Å². The van der Waals surface area contributed by atoms with Gasteiger partial charge in [-0.1, -0.05) is 24.3 Å². The molecule has 2 aromatic carbocycles. The van der Waals surface area contributed by atoms with Crippen LogP contribution in [0.3, 0.4) is 0 Å². The molecule has 0 aromatic heterocycles. The Morgan fingerprint density at radius 1 is 0.938 bits per heavy atom. The van der Waals surface area contributed by atoms with E-state index in [-0.39, 0.29) is 11.6 Å². The summed E-state index contributed by atoms with van der Waals surface area (Å²) >= 11 is 0. The zero-order valence-corrected chi connectivity index (χ0v) is 8.58. The molecular formula is C13H11F2N. The van der Waals surface area contributed by atoms with E-state index in [1.54, 1.807) is 30.3 Å². The number of rotatable bonds is 3. The molecular weight excluding hydrogens is 208 g/mol. The molecule has 0 atom stereocenters. The molecule has 1 N–H and O–H groups in total. The summed E-state index contributed by atoms with van der Waals surface area (Å²) < 4.78 is 26.1. The summed E-state index contributed by atoms with van der Waals surface area (Å²) in [5.41, 5.74) is 1.20. The van der Waals surface area contributed by atoms with Crippen LogP contribution in [0.1, 0.15) is 5.56 Å². The third-order valence-electron chi connectivity index (χ3n) is 2.27. The van der Waals surface area contributed by atoms with Gasteiger partial charge in [0.1, 0.15) is 11.6 Å². The third kappa shape index (κ3) is 2.57. The number of hydrogen-bond donors (Lipinski definition) is 1. The molecule has 0 aliphatic heterocycles. The molecule has 0 radical (unpaired) electrons. The van der Waals surface area contributed by atoms with E-state index in [1.807, 2.05) is 0 Å². The fourth-order valence-corrected chi connectivity index (χ4v) is 1.44. The summed E-state index contributed by atoms with van der Waals surface area (Å²) in [6.45, 7) is 0.343. The van der Waals surface area contributed by atoms with Crippen LogP contribution in [-0.2, 0) is 6.54 Å². The average Bonchev–Trinajstić information content (AvgIpc) is 2.28. The smallest absolute Gasteiger partial charge is 0.128 e. The molecule has 0 heterocycles. The monoisotopic (exact) mass is 219 g/mol. The maximum Gasteiger partial charge on any atom is 0.128 e. The van der Waals surface area contributed by atoms with Gasteiger partial charge in [-0.05, 0) is 24.3 Å². The predicted molar refractivity (Wildman–Crippen MR) is 60.1 cm³/mol. The Morgan fingerprint density at radius 3 is 2.50 bits per heavy atom. The first-order valence-corrected chi connectivity index (χ1v) is 4.98. The van der Waals surface area contributed by atoms with Crippen LogP contribution in [0.4, 0.5) is 14.5 Å². The van der Waals surface area contributed by atoms with Gasteiger partial charge in [-0.15, -0.1) is 0 Å². The molecule has 0 saturated carbocycles. The van der Waals surface area contributed by atoms with Crippen LogP contribution < -0.4 is 5.32 Å². The number of anilines is 1. The van der Waals surface area contributed by atoms with Crippen molar-refractivity contribution in [2.24, 2.45) is 0 Å².